The Morgan fingerprint density at radius 2 is 2.00 bits per heavy atom. The highest BCUT2D eigenvalue weighted by atomic mass is 35.5. The van der Waals surface area contributed by atoms with Gasteiger partial charge in [-0.2, -0.15) is 8.42 Å². The van der Waals surface area contributed by atoms with Crippen molar-refractivity contribution in [3.63, 3.8) is 0 Å². The highest BCUT2D eigenvalue weighted by Gasteiger charge is 2.60. The SMILES string of the molecule is CS(=O)(=O)OCC1(c2ccc(F)cc2)OC1c1cc(Cl)sc1Cl. The Labute approximate surface area is 146 Å². The van der Waals surface area contributed by atoms with Crippen LogP contribution in [0.25, 0.3) is 0 Å². The first-order chi connectivity index (χ1) is 10.7. The molecule has 0 aliphatic carbocycles. The maximum atomic E-state index is 13.2. The standard InChI is InChI=1S/C14H11Cl2FO4S2/c1-23(18,19)20-7-14(8-2-4-9(17)5-3-8)12(21-14)10-6-11(15)22-13(10)16/h2-6,12H,7H2,1H3. The Balaban J connectivity index is 1.96. The van der Waals surface area contributed by atoms with Gasteiger partial charge in [-0.15, -0.1) is 11.3 Å². The smallest absolute Gasteiger partial charge is 0.264 e. The second-order valence-corrected chi connectivity index (χ2v) is 9.07. The summed E-state index contributed by atoms with van der Waals surface area (Å²) in [6, 6.07) is 7.29. The van der Waals surface area contributed by atoms with Gasteiger partial charge < -0.3 is 4.74 Å². The van der Waals surface area contributed by atoms with Gasteiger partial charge in [0.1, 0.15) is 28.5 Å². The lowest BCUT2D eigenvalue weighted by atomic mass is 9.93. The molecule has 4 nitrogen and oxygen atoms in total. The minimum absolute atomic E-state index is 0.230. The van der Waals surface area contributed by atoms with Crippen LogP contribution in [0.2, 0.25) is 8.67 Å². The molecule has 1 aromatic carbocycles. The van der Waals surface area contributed by atoms with Gasteiger partial charge in [-0.1, -0.05) is 35.3 Å². The van der Waals surface area contributed by atoms with Crippen LogP contribution in [0.3, 0.4) is 0 Å². The maximum absolute atomic E-state index is 13.2. The molecule has 1 aromatic heterocycles. The summed E-state index contributed by atoms with van der Waals surface area (Å²) in [5, 5.41) is 0. The molecule has 1 saturated heterocycles. The molecule has 1 aliphatic heterocycles. The van der Waals surface area contributed by atoms with E-state index in [1.165, 1.54) is 35.6 Å². The molecule has 0 saturated carbocycles. The second kappa shape index (κ2) is 5.98. The summed E-state index contributed by atoms with van der Waals surface area (Å²) in [5.41, 5.74) is 0.221. The van der Waals surface area contributed by atoms with E-state index in [0.29, 0.717) is 19.8 Å². The van der Waals surface area contributed by atoms with E-state index >= 15 is 0 Å². The zero-order chi connectivity index (χ0) is 16.8. The van der Waals surface area contributed by atoms with Crippen molar-refractivity contribution in [1.29, 1.82) is 0 Å². The molecule has 0 radical (unpaired) electrons. The lowest BCUT2D eigenvalue weighted by Gasteiger charge is -2.13. The average Bonchev–Trinajstić information content (AvgIpc) is 3.09. The normalized spacial score (nSPS) is 23.9. The Bertz CT molecular complexity index is 835. The molecule has 0 amide bonds. The number of ether oxygens (including phenoxy) is 1. The van der Waals surface area contributed by atoms with Crippen LogP contribution in [0.1, 0.15) is 17.2 Å². The fraction of sp³-hybridized carbons (Fsp3) is 0.286. The summed E-state index contributed by atoms with van der Waals surface area (Å²) in [5.74, 6) is -0.401. The van der Waals surface area contributed by atoms with Gasteiger partial charge in [0, 0.05) is 5.56 Å². The molecule has 3 rings (SSSR count). The van der Waals surface area contributed by atoms with Gasteiger partial charge in [0.25, 0.3) is 10.1 Å². The maximum Gasteiger partial charge on any atom is 0.264 e. The first kappa shape index (κ1) is 17.1. The summed E-state index contributed by atoms with van der Waals surface area (Å²) in [4.78, 5) is 0. The van der Waals surface area contributed by atoms with Crippen molar-refractivity contribution in [2.75, 3.05) is 12.9 Å². The van der Waals surface area contributed by atoms with Crippen molar-refractivity contribution in [3.05, 3.63) is 55.9 Å². The van der Waals surface area contributed by atoms with Gasteiger partial charge in [0.05, 0.1) is 10.6 Å². The Morgan fingerprint density at radius 1 is 1.35 bits per heavy atom. The van der Waals surface area contributed by atoms with Gasteiger partial charge in [-0.25, -0.2) is 4.39 Å². The van der Waals surface area contributed by atoms with Crippen LogP contribution in [-0.2, 0) is 24.6 Å². The molecular weight excluding hydrogens is 386 g/mol. The molecule has 0 N–H and O–H groups in total. The molecule has 23 heavy (non-hydrogen) atoms. The molecule has 2 aromatic rings. The van der Waals surface area contributed by atoms with Crippen molar-refractivity contribution < 1.29 is 21.7 Å². The average molecular weight is 397 g/mol. The highest BCUT2D eigenvalue weighted by molar-refractivity contribution is 7.85. The molecule has 0 spiro atoms. The van der Waals surface area contributed by atoms with Gasteiger partial charge in [0.2, 0.25) is 0 Å². The van der Waals surface area contributed by atoms with E-state index in [0.717, 1.165) is 6.26 Å². The highest BCUT2D eigenvalue weighted by Crippen LogP contribution is 2.59. The van der Waals surface area contributed by atoms with Crippen LogP contribution in [0, 0.1) is 5.82 Å². The van der Waals surface area contributed by atoms with Crippen molar-refractivity contribution in [1.82, 2.24) is 0 Å². The first-order valence-electron chi connectivity index (χ1n) is 6.44. The van der Waals surface area contributed by atoms with Crippen LogP contribution in [-0.4, -0.2) is 21.3 Å². The minimum atomic E-state index is -3.65. The number of thiophene rings is 1. The van der Waals surface area contributed by atoms with E-state index in [-0.39, 0.29) is 6.61 Å². The van der Waals surface area contributed by atoms with Crippen LogP contribution < -0.4 is 0 Å². The second-order valence-electron chi connectivity index (χ2n) is 5.14. The fourth-order valence-electron chi connectivity index (χ4n) is 2.36. The summed E-state index contributed by atoms with van der Waals surface area (Å²) < 4.78 is 47.4. The van der Waals surface area contributed by atoms with E-state index < -0.39 is 27.6 Å². The predicted octanol–water partition coefficient (Wildman–Crippen LogP) is 4.14. The number of hydrogen-bond acceptors (Lipinski definition) is 5. The molecule has 1 fully saturated rings. The van der Waals surface area contributed by atoms with Crippen molar-refractivity contribution in [2.24, 2.45) is 0 Å². The number of rotatable bonds is 5. The number of hydrogen-bond donors (Lipinski definition) is 0. The molecule has 2 heterocycles. The van der Waals surface area contributed by atoms with Gasteiger partial charge in [0.15, 0.2) is 0 Å². The van der Waals surface area contributed by atoms with Crippen molar-refractivity contribution in [3.8, 4) is 0 Å². The third-order valence-corrected chi connectivity index (χ3v) is 5.54. The van der Waals surface area contributed by atoms with Crippen molar-refractivity contribution >= 4 is 44.7 Å². The number of halogens is 3. The predicted molar refractivity (Wildman–Crippen MR) is 87.0 cm³/mol. The fourth-order valence-corrected chi connectivity index (χ4v) is 4.26. The van der Waals surface area contributed by atoms with Gasteiger partial charge in [-0.3, -0.25) is 4.18 Å². The largest absolute Gasteiger partial charge is 0.353 e. The van der Waals surface area contributed by atoms with E-state index in [4.69, 9.17) is 32.1 Å². The number of epoxide rings is 1. The Morgan fingerprint density at radius 3 is 2.52 bits per heavy atom. The molecule has 0 bridgehead atoms. The lowest BCUT2D eigenvalue weighted by molar-refractivity contribution is 0.194. The summed E-state index contributed by atoms with van der Waals surface area (Å²) in [7, 11) is -3.65. The monoisotopic (exact) mass is 396 g/mol. The zero-order valence-corrected chi connectivity index (χ0v) is 14.9. The first-order valence-corrected chi connectivity index (χ1v) is 9.83. The van der Waals surface area contributed by atoms with Crippen LogP contribution >= 0.6 is 34.5 Å². The quantitative estimate of drug-likeness (QED) is 0.562. The zero-order valence-electron chi connectivity index (χ0n) is 11.8. The topological polar surface area (TPSA) is 55.9 Å². The molecular formula is C14H11Cl2FO4S2. The minimum Gasteiger partial charge on any atom is -0.353 e. The van der Waals surface area contributed by atoms with Crippen molar-refractivity contribution in [2.45, 2.75) is 11.7 Å². The Hall–Kier alpha value is -0.700. The molecule has 9 heteroatoms. The third kappa shape index (κ3) is 3.55. The summed E-state index contributed by atoms with van der Waals surface area (Å²) >= 11 is 13.3. The van der Waals surface area contributed by atoms with Gasteiger partial charge >= 0.3 is 0 Å². The number of benzene rings is 1. The van der Waals surface area contributed by atoms with Gasteiger partial charge in [-0.05, 0) is 23.8 Å². The molecule has 2 unspecified atom stereocenters. The lowest BCUT2D eigenvalue weighted by Crippen LogP contribution is -2.21. The molecule has 2 atom stereocenters. The van der Waals surface area contributed by atoms with E-state index in [1.54, 1.807) is 6.07 Å². The Kier molecular flexibility index (Phi) is 4.46. The third-order valence-electron chi connectivity index (χ3n) is 3.48. The van der Waals surface area contributed by atoms with E-state index in [1.807, 2.05) is 0 Å². The van der Waals surface area contributed by atoms with Crippen LogP contribution in [0.5, 0.6) is 0 Å². The van der Waals surface area contributed by atoms with E-state index in [2.05, 4.69) is 0 Å². The summed E-state index contributed by atoms with van der Waals surface area (Å²) in [6.45, 7) is -0.230. The molecule has 124 valence electrons. The van der Waals surface area contributed by atoms with E-state index in [9.17, 15) is 12.8 Å². The van der Waals surface area contributed by atoms with Crippen LogP contribution in [0.15, 0.2) is 30.3 Å². The molecule has 1 aliphatic rings. The van der Waals surface area contributed by atoms with Crippen LogP contribution in [0.4, 0.5) is 4.39 Å². The summed E-state index contributed by atoms with van der Waals surface area (Å²) in [6.07, 6.45) is 0.447.